The standard InChI is InChI=1S/C14H26N4O2/c1-13-10-16(6-7-17(13)8-9-20-2)11-14(19)12-18-5-3-4-15-18/h3-5,13-14,19H,6-12H2,1-2H3/t13-,14-/m1/s1. The first kappa shape index (κ1) is 15.4. The van der Waals surface area contributed by atoms with Gasteiger partial charge in [0.05, 0.1) is 19.3 Å². The summed E-state index contributed by atoms with van der Waals surface area (Å²) in [5.41, 5.74) is 0. The van der Waals surface area contributed by atoms with Crippen molar-refractivity contribution < 1.29 is 9.84 Å². The summed E-state index contributed by atoms with van der Waals surface area (Å²) in [6.07, 6.45) is 3.25. The average molecular weight is 282 g/mol. The zero-order chi connectivity index (χ0) is 14.4. The van der Waals surface area contributed by atoms with Gasteiger partial charge in [-0.25, -0.2) is 0 Å². The van der Waals surface area contributed by atoms with E-state index in [9.17, 15) is 5.11 Å². The molecule has 1 fully saturated rings. The predicted molar refractivity (Wildman–Crippen MR) is 77.6 cm³/mol. The second-order valence-electron chi connectivity index (χ2n) is 5.52. The molecule has 1 aliphatic rings. The maximum Gasteiger partial charge on any atom is 0.0862 e. The highest BCUT2D eigenvalue weighted by atomic mass is 16.5. The fourth-order valence-corrected chi connectivity index (χ4v) is 2.76. The van der Waals surface area contributed by atoms with Gasteiger partial charge < -0.3 is 9.84 Å². The Balaban J connectivity index is 1.72. The second kappa shape index (κ2) is 7.73. The first-order chi connectivity index (χ1) is 9.69. The number of methoxy groups -OCH3 is 1. The molecule has 0 radical (unpaired) electrons. The topological polar surface area (TPSA) is 53.8 Å². The lowest BCUT2D eigenvalue weighted by Gasteiger charge is -2.40. The van der Waals surface area contributed by atoms with Crippen LogP contribution >= 0.6 is 0 Å². The summed E-state index contributed by atoms with van der Waals surface area (Å²) in [6.45, 7) is 8.33. The third-order valence-electron chi connectivity index (χ3n) is 3.86. The Morgan fingerprint density at radius 1 is 1.40 bits per heavy atom. The van der Waals surface area contributed by atoms with E-state index in [4.69, 9.17) is 4.74 Å². The van der Waals surface area contributed by atoms with Crippen molar-refractivity contribution in [2.45, 2.75) is 25.6 Å². The lowest BCUT2D eigenvalue weighted by Crippen LogP contribution is -2.54. The zero-order valence-corrected chi connectivity index (χ0v) is 12.5. The molecule has 1 aromatic heterocycles. The number of hydrogen-bond donors (Lipinski definition) is 1. The van der Waals surface area contributed by atoms with Crippen LogP contribution in [0.25, 0.3) is 0 Å². The first-order valence-corrected chi connectivity index (χ1v) is 7.30. The normalized spacial score (nSPS) is 23.1. The number of aliphatic hydroxyl groups excluding tert-OH is 1. The van der Waals surface area contributed by atoms with Gasteiger partial charge in [0, 0.05) is 58.3 Å². The SMILES string of the molecule is COCCN1CCN(C[C@@H](O)Cn2cccn2)C[C@H]1C. The van der Waals surface area contributed by atoms with Crippen LogP contribution in [0.4, 0.5) is 0 Å². The van der Waals surface area contributed by atoms with Crippen molar-refractivity contribution in [3.63, 3.8) is 0 Å². The zero-order valence-electron chi connectivity index (χ0n) is 12.5. The van der Waals surface area contributed by atoms with Gasteiger partial charge in [-0.05, 0) is 13.0 Å². The van der Waals surface area contributed by atoms with E-state index in [1.165, 1.54) is 0 Å². The summed E-state index contributed by atoms with van der Waals surface area (Å²) in [7, 11) is 1.74. The number of aromatic nitrogens is 2. The minimum Gasteiger partial charge on any atom is -0.390 e. The highest BCUT2D eigenvalue weighted by Crippen LogP contribution is 2.10. The quantitative estimate of drug-likeness (QED) is 0.757. The monoisotopic (exact) mass is 282 g/mol. The lowest BCUT2D eigenvalue weighted by atomic mass is 10.1. The molecule has 20 heavy (non-hydrogen) atoms. The van der Waals surface area contributed by atoms with Gasteiger partial charge in [-0.3, -0.25) is 14.5 Å². The largest absolute Gasteiger partial charge is 0.390 e. The maximum absolute atomic E-state index is 10.1. The second-order valence-corrected chi connectivity index (χ2v) is 5.52. The molecule has 1 aliphatic heterocycles. The van der Waals surface area contributed by atoms with E-state index in [2.05, 4.69) is 21.8 Å². The van der Waals surface area contributed by atoms with Crippen LogP contribution in [0.2, 0.25) is 0 Å². The molecular weight excluding hydrogens is 256 g/mol. The van der Waals surface area contributed by atoms with E-state index in [0.29, 0.717) is 19.1 Å². The van der Waals surface area contributed by atoms with Crippen LogP contribution in [0.1, 0.15) is 6.92 Å². The molecule has 2 heterocycles. The molecule has 0 unspecified atom stereocenters. The molecule has 2 rings (SSSR count). The van der Waals surface area contributed by atoms with E-state index < -0.39 is 0 Å². The van der Waals surface area contributed by atoms with E-state index in [1.807, 2.05) is 12.3 Å². The fraction of sp³-hybridized carbons (Fsp3) is 0.786. The van der Waals surface area contributed by atoms with Crippen LogP contribution in [0, 0.1) is 0 Å². The number of β-amino-alcohol motifs (C(OH)–C–C–N with tert-alkyl or cyclic N) is 1. The van der Waals surface area contributed by atoms with Gasteiger partial charge in [0.2, 0.25) is 0 Å². The molecule has 0 aliphatic carbocycles. The summed E-state index contributed by atoms with van der Waals surface area (Å²) < 4.78 is 6.92. The lowest BCUT2D eigenvalue weighted by molar-refractivity contribution is 0.0285. The third kappa shape index (κ3) is 4.56. The van der Waals surface area contributed by atoms with Crippen molar-refractivity contribution in [1.82, 2.24) is 19.6 Å². The number of nitrogens with zero attached hydrogens (tertiary/aromatic N) is 4. The molecule has 2 atom stereocenters. The van der Waals surface area contributed by atoms with Gasteiger partial charge in [0.15, 0.2) is 0 Å². The molecule has 6 nitrogen and oxygen atoms in total. The molecule has 0 spiro atoms. The summed E-state index contributed by atoms with van der Waals surface area (Å²) in [5, 5.41) is 14.3. The Morgan fingerprint density at radius 2 is 2.25 bits per heavy atom. The number of hydrogen-bond acceptors (Lipinski definition) is 5. The summed E-state index contributed by atoms with van der Waals surface area (Å²) in [6, 6.07) is 2.39. The number of piperazine rings is 1. The van der Waals surface area contributed by atoms with Gasteiger partial charge in [-0.1, -0.05) is 0 Å². The van der Waals surface area contributed by atoms with Gasteiger partial charge in [0.25, 0.3) is 0 Å². The van der Waals surface area contributed by atoms with Crippen LogP contribution in [-0.2, 0) is 11.3 Å². The van der Waals surface area contributed by atoms with E-state index >= 15 is 0 Å². The van der Waals surface area contributed by atoms with Crippen LogP contribution in [-0.4, -0.2) is 83.3 Å². The van der Waals surface area contributed by atoms with Crippen molar-refractivity contribution in [1.29, 1.82) is 0 Å². The van der Waals surface area contributed by atoms with Crippen LogP contribution in [0.15, 0.2) is 18.5 Å². The average Bonchev–Trinajstić information content (AvgIpc) is 2.90. The molecular formula is C14H26N4O2. The van der Waals surface area contributed by atoms with Crippen molar-refractivity contribution in [2.24, 2.45) is 0 Å². The summed E-state index contributed by atoms with van der Waals surface area (Å²) >= 11 is 0. The van der Waals surface area contributed by atoms with E-state index in [0.717, 1.165) is 32.8 Å². The van der Waals surface area contributed by atoms with Crippen molar-refractivity contribution in [3.05, 3.63) is 18.5 Å². The maximum atomic E-state index is 10.1. The van der Waals surface area contributed by atoms with Crippen LogP contribution < -0.4 is 0 Å². The minimum atomic E-state index is -0.368. The Bertz CT molecular complexity index is 371. The molecule has 114 valence electrons. The Labute approximate surface area is 120 Å². The van der Waals surface area contributed by atoms with E-state index in [1.54, 1.807) is 18.0 Å². The molecule has 1 N–H and O–H groups in total. The highest BCUT2D eigenvalue weighted by Gasteiger charge is 2.24. The Kier molecular flexibility index (Phi) is 5.97. The highest BCUT2D eigenvalue weighted by molar-refractivity contribution is 4.82. The van der Waals surface area contributed by atoms with Gasteiger partial charge in [-0.15, -0.1) is 0 Å². The van der Waals surface area contributed by atoms with Crippen LogP contribution in [0.5, 0.6) is 0 Å². The van der Waals surface area contributed by atoms with Gasteiger partial charge >= 0.3 is 0 Å². The Hall–Kier alpha value is -0.950. The van der Waals surface area contributed by atoms with Crippen molar-refractivity contribution >= 4 is 0 Å². The summed E-state index contributed by atoms with van der Waals surface area (Å²) in [4.78, 5) is 4.78. The molecule has 0 bridgehead atoms. The predicted octanol–water partition coefficient (Wildman–Crippen LogP) is -0.103. The van der Waals surface area contributed by atoms with Gasteiger partial charge in [0.1, 0.15) is 0 Å². The smallest absolute Gasteiger partial charge is 0.0862 e. The molecule has 1 saturated heterocycles. The van der Waals surface area contributed by atoms with Gasteiger partial charge in [-0.2, -0.15) is 5.10 Å². The number of ether oxygens (including phenoxy) is 1. The number of rotatable bonds is 7. The van der Waals surface area contributed by atoms with Crippen molar-refractivity contribution in [3.8, 4) is 0 Å². The fourth-order valence-electron chi connectivity index (χ4n) is 2.76. The molecule has 6 heteroatoms. The molecule has 1 aromatic rings. The number of aliphatic hydroxyl groups is 1. The third-order valence-corrected chi connectivity index (χ3v) is 3.86. The van der Waals surface area contributed by atoms with E-state index in [-0.39, 0.29) is 6.10 Å². The molecule has 0 amide bonds. The minimum absolute atomic E-state index is 0.368. The molecule has 0 saturated carbocycles. The van der Waals surface area contributed by atoms with Crippen LogP contribution in [0.3, 0.4) is 0 Å². The molecule has 0 aromatic carbocycles. The Morgan fingerprint density at radius 3 is 2.90 bits per heavy atom. The summed E-state index contributed by atoms with van der Waals surface area (Å²) in [5.74, 6) is 0. The first-order valence-electron chi connectivity index (χ1n) is 7.30. The van der Waals surface area contributed by atoms with Crippen molar-refractivity contribution in [2.75, 3.05) is 46.4 Å².